The molecule has 2 aliphatic rings. The van der Waals surface area contributed by atoms with Gasteiger partial charge in [-0.1, -0.05) is 11.6 Å². The maximum absolute atomic E-state index is 13.8. The maximum Gasteiger partial charge on any atom is 0.416 e. The average molecular weight is 507 g/mol. The van der Waals surface area contributed by atoms with Gasteiger partial charge in [-0.15, -0.1) is 15.3 Å². The molecular weight excluding hydrogens is 481 g/mol. The van der Waals surface area contributed by atoms with E-state index in [0.29, 0.717) is 24.6 Å². The van der Waals surface area contributed by atoms with Crippen molar-refractivity contribution >= 4 is 17.3 Å². The van der Waals surface area contributed by atoms with Crippen LogP contribution < -0.4 is 4.90 Å². The van der Waals surface area contributed by atoms with Crippen LogP contribution in [-0.4, -0.2) is 52.0 Å². The molecule has 7 nitrogen and oxygen atoms in total. The number of hydrogen-bond acceptors (Lipinski definition) is 7. The Bertz CT molecular complexity index is 1210. The normalized spacial score (nSPS) is 18.5. The van der Waals surface area contributed by atoms with E-state index in [1.165, 1.54) is 12.1 Å². The van der Waals surface area contributed by atoms with Gasteiger partial charge in [-0.2, -0.15) is 18.3 Å². The van der Waals surface area contributed by atoms with Crippen molar-refractivity contribution in [2.45, 2.75) is 50.7 Å². The third-order valence-corrected chi connectivity index (χ3v) is 7.17. The predicted octanol–water partition coefficient (Wildman–Crippen LogP) is 5.52. The number of piperidine rings is 1. The van der Waals surface area contributed by atoms with Gasteiger partial charge in [0.1, 0.15) is 0 Å². The smallest absolute Gasteiger partial charge is 0.416 e. The van der Waals surface area contributed by atoms with Crippen LogP contribution in [0.3, 0.4) is 0 Å². The Kier molecular flexibility index (Phi) is 6.43. The van der Waals surface area contributed by atoms with Crippen LogP contribution in [0.25, 0.3) is 11.6 Å². The highest BCUT2D eigenvalue weighted by molar-refractivity contribution is 6.30. The van der Waals surface area contributed by atoms with Crippen molar-refractivity contribution in [1.82, 2.24) is 25.3 Å². The Labute approximate surface area is 206 Å². The van der Waals surface area contributed by atoms with E-state index in [2.05, 4.69) is 32.3 Å². The fourth-order valence-corrected chi connectivity index (χ4v) is 5.12. The lowest BCUT2D eigenvalue weighted by Crippen LogP contribution is -2.34. The van der Waals surface area contributed by atoms with Crippen LogP contribution in [-0.2, 0) is 12.6 Å². The number of alkyl halides is 3. The van der Waals surface area contributed by atoms with Gasteiger partial charge in [0.15, 0.2) is 5.69 Å². The van der Waals surface area contributed by atoms with Gasteiger partial charge in [0, 0.05) is 17.5 Å². The summed E-state index contributed by atoms with van der Waals surface area (Å²) in [5, 5.41) is 17.4. The molecule has 0 aliphatic carbocycles. The SMILES string of the molecule is C[C@H](c1cc(Cl)ccc1C(F)(F)F)N1CCCc2nnc(-c3nnc(C4CCN(C)CC4)o3)cc21. The minimum Gasteiger partial charge on any atom is -0.419 e. The fourth-order valence-electron chi connectivity index (χ4n) is 4.94. The highest BCUT2D eigenvalue weighted by atomic mass is 35.5. The monoisotopic (exact) mass is 506 g/mol. The van der Waals surface area contributed by atoms with Crippen molar-refractivity contribution < 1.29 is 17.6 Å². The van der Waals surface area contributed by atoms with E-state index in [1.807, 2.05) is 4.90 Å². The quantitative estimate of drug-likeness (QED) is 0.461. The Morgan fingerprint density at radius 1 is 1.06 bits per heavy atom. The van der Waals surface area contributed by atoms with Crippen LogP contribution in [0.4, 0.5) is 18.9 Å². The van der Waals surface area contributed by atoms with E-state index >= 15 is 0 Å². The number of fused-ring (bicyclic) bond motifs is 1. The molecule has 3 aromatic rings. The molecule has 0 N–H and O–H groups in total. The Hall–Kier alpha value is -2.72. The van der Waals surface area contributed by atoms with Gasteiger partial charge in [0.05, 0.1) is 23.0 Å². The predicted molar refractivity (Wildman–Crippen MR) is 125 cm³/mol. The molecule has 35 heavy (non-hydrogen) atoms. The van der Waals surface area contributed by atoms with E-state index in [1.54, 1.807) is 13.0 Å². The third kappa shape index (κ3) is 4.86. The van der Waals surface area contributed by atoms with Crippen LogP contribution in [0.15, 0.2) is 28.7 Å². The first-order valence-electron chi connectivity index (χ1n) is 11.7. The van der Waals surface area contributed by atoms with Crippen molar-refractivity contribution in [2.24, 2.45) is 0 Å². The minimum absolute atomic E-state index is 0.124. The summed E-state index contributed by atoms with van der Waals surface area (Å²) in [5.74, 6) is 1.07. The van der Waals surface area contributed by atoms with Crippen LogP contribution in [0.5, 0.6) is 0 Å². The van der Waals surface area contributed by atoms with E-state index in [-0.39, 0.29) is 22.4 Å². The molecule has 0 saturated carbocycles. The van der Waals surface area contributed by atoms with E-state index in [9.17, 15) is 13.2 Å². The van der Waals surface area contributed by atoms with E-state index in [0.717, 1.165) is 49.8 Å². The molecule has 4 heterocycles. The lowest BCUT2D eigenvalue weighted by molar-refractivity contribution is -0.138. The molecule has 2 aliphatic heterocycles. The summed E-state index contributed by atoms with van der Waals surface area (Å²) < 4.78 is 47.2. The number of aromatic nitrogens is 4. The zero-order chi connectivity index (χ0) is 24.7. The van der Waals surface area contributed by atoms with E-state index in [4.69, 9.17) is 16.0 Å². The molecule has 0 amide bonds. The Morgan fingerprint density at radius 2 is 1.83 bits per heavy atom. The molecule has 1 fully saturated rings. The summed E-state index contributed by atoms with van der Waals surface area (Å²) in [5.41, 5.74) is 1.30. The van der Waals surface area contributed by atoms with Crippen molar-refractivity contribution in [2.75, 3.05) is 31.6 Å². The van der Waals surface area contributed by atoms with Gasteiger partial charge in [-0.25, -0.2) is 0 Å². The lowest BCUT2D eigenvalue weighted by Gasteiger charge is -2.36. The van der Waals surface area contributed by atoms with Gasteiger partial charge in [0.2, 0.25) is 5.89 Å². The number of benzene rings is 1. The van der Waals surface area contributed by atoms with Gasteiger partial charge in [-0.3, -0.25) is 0 Å². The minimum atomic E-state index is -4.48. The van der Waals surface area contributed by atoms with Crippen LogP contribution in [0.2, 0.25) is 5.02 Å². The number of halogens is 4. The molecule has 0 radical (unpaired) electrons. The number of aryl methyl sites for hydroxylation is 1. The second-order valence-corrected chi connectivity index (χ2v) is 9.72. The molecular formula is C24H26ClF3N6O. The number of nitrogens with zero attached hydrogens (tertiary/aromatic N) is 6. The molecule has 2 aromatic heterocycles. The summed E-state index contributed by atoms with van der Waals surface area (Å²) >= 11 is 6.09. The Morgan fingerprint density at radius 3 is 2.57 bits per heavy atom. The molecule has 186 valence electrons. The largest absolute Gasteiger partial charge is 0.419 e. The number of anilines is 1. The lowest BCUT2D eigenvalue weighted by atomic mass is 9.96. The molecule has 1 saturated heterocycles. The van der Waals surface area contributed by atoms with Crippen LogP contribution >= 0.6 is 11.6 Å². The first-order valence-corrected chi connectivity index (χ1v) is 12.1. The first kappa shape index (κ1) is 24.0. The van der Waals surface area contributed by atoms with Gasteiger partial charge < -0.3 is 14.2 Å². The van der Waals surface area contributed by atoms with Crippen molar-refractivity contribution in [3.8, 4) is 11.6 Å². The number of rotatable bonds is 4. The summed E-state index contributed by atoms with van der Waals surface area (Å²) in [6.45, 7) is 4.27. The third-order valence-electron chi connectivity index (χ3n) is 6.93. The summed E-state index contributed by atoms with van der Waals surface area (Å²) in [4.78, 5) is 4.19. The topological polar surface area (TPSA) is 71.2 Å². The van der Waals surface area contributed by atoms with Gasteiger partial charge in [-0.05, 0) is 82.6 Å². The number of likely N-dealkylation sites (tertiary alicyclic amines) is 1. The summed E-state index contributed by atoms with van der Waals surface area (Å²) in [6.07, 6.45) is -1.14. The second kappa shape index (κ2) is 9.39. The maximum atomic E-state index is 13.8. The highest BCUT2D eigenvalue weighted by Gasteiger charge is 2.37. The van der Waals surface area contributed by atoms with Crippen molar-refractivity contribution in [3.63, 3.8) is 0 Å². The zero-order valence-corrected chi connectivity index (χ0v) is 20.3. The average Bonchev–Trinajstić information content (AvgIpc) is 3.33. The van der Waals surface area contributed by atoms with Crippen molar-refractivity contribution in [3.05, 3.63) is 52.0 Å². The van der Waals surface area contributed by atoms with E-state index < -0.39 is 17.8 Å². The fraction of sp³-hybridized carbons (Fsp3) is 0.500. The molecule has 11 heteroatoms. The molecule has 0 bridgehead atoms. The number of hydrogen-bond donors (Lipinski definition) is 0. The summed E-state index contributed by atoms with van der Waals surface area (Å²) in [7, 11) is 2.09. The standard InChI is InChI=1S/C24H26ClF3N6O/c1-14(17-12-16(25)5-6-18(17)24(26,27)28)34-9-3-4-19-21(34)13-20(30-29-19)23-32-31-22(35-23)15-7-10-33(2)11-8-15/h5-6,12-15H,3-4,7-11H2,1-2H3/t14-/m1/s1. The van der Waals surface area contributed by atoms with Gasteiger partial charge >= 0.3 is 6.18 Å². The molecule has 5 rings (SSSR count). The Balaban J connectivity index is 1.46. The van der Waals surface area contributed by atoms with Crippen LogP contribution in [0.1, 0.15) is 60.9 Å². The second-order valence-electron chi connectivity index (χ2n) is 9.29. The molecule has 0 unspecified atom stereocenters. The zero-order valence-electron chi connectivity index (χ0n) is 19.5. The molecule has 1 aromatic carbocycles. The molecule has 0 spiro atoms. The first-order chi connectivity index (χ1) is 16.7. The van der Waals surface area contributed by atoms with Gasteiger partial charge in [0.25, 0.3) is 5.89 Å². The van der Waals surface area contributed by atoms with Crippen molar-refractivity contribution in [1.29, 1.82) is 0 Å². The van der Waals surface area contributed by atoms with Crippen LogP contribution in [0, 0.1) is 0 Å². The summed E-state index contributed by atoms with van der Waals surface area (Å²) in [6, 6.07) is 4.91. The highest BCUT2D eigenvalue weighted by Crippen LogP contribution is 2.41. The molecule has 1 atom stereocenters.